The van der Waals surface area contributed by atoms with Crippen LogP contribution in [0.4, 0.5) is 0 Å². The summed E-state index contributed by atoms with van der Waals surface area (Å²) >= 11 is 0. The summed E-state index contributed by atoms with van der Waals surface area (Å²) in [6.45, 7) is 2.03. The molecule has 0 fully saturated rings. The molecule has 0 N–H and O–H groups in total. The van der Waals surface area contributed by atoms with Gasteiger partial charge in [0.25, 0.3) is 11.8 Å². The number of aryl methyl sites for hydroxylation is 1. The molecule has 0 radical (unpaired) electrons. The number of rotatable bonds is 0. The quantitative estimate of drug-likeness (QED) is 0.653. The normalized spacial score (nSPS) is 28.6. The molecule has 0 saturated carbocycles. The van der Waals surface area contributed by atoms with Gasteiger partial charge >= 0.3 is 0 Å². The van der Waals surface area contributed by atoms with E-state index in [-0.39, 0.29) is 17.9 Å². The summed E-state index contributed by atoms with van der Waals surface area (Å²) in [5, 5.41) is 0. The fourth-order valence-electron chi connectivity index (χ4n) is 3.83. The van der Waals surface area contributed by atoms with Crippen LogP contribution in [0.3, 0.4) is 0 Å². The van der Waals surface area contributed by atoms with Crippen LogP contribution >= 0.6 is 0 Å². The number of fused-ring (bicyclic) bond motifs is 2. The van der Waals surface area contributed by atoms with Crippen LogP contribution in [0.25, 0.3) is 0 Å². The maximum Gasteiger partial charge on any atom is 0.262 e. The Morgan fingerprint density at radius 2 is 2.06 bits per heavy atom. The van der Waals surface area contributed by atoms with Crippen LogP contribution in [-0.2, 0) is 12.8 Å². The second-order valence-corrected chi connectivity index (χ2v) is 5.70. The van der Waals surface area contributed by atoms with Gasteiger partial charge in [-0.05, 0) is 55.7 Å². The van der Waals surface area contributed by atoms with Crippen LogP contribution in [0.1, 0.15) is 51.6 Å². The van der Waals surface area contributed by atoms with Gasteiger partial charge in [0.1, 0.15) is 0 Å². The zero-order valence-corrected chi connectivity index (χ0v) is 10.4. The van der Waals surface area contributed by atoms with Crippen molar-refractivity contribution >= 4 is 11.8 Å². The first-order valence-corrected chi connectivity index (χ1v) is 6.71. The molecule has 0 aromatic heterocycles. The van der Waals surface area contributed by atoms with E-state index < -0.39 is 0 Å². The molecule has 2 aliphatic heterocycles. The molecule has 1 aromatic carbocycles. The van der Waals surface area contributed by atoms with E-state index in [1.165, 1.54) is 16.0 Å². The van der Waals surface area contributed by atoms with Crippen LogP contribution < -0.4 is 0 Å². The number of imide groups is 1. The van der Waals surface area contributed by atoms with E-state index in [9.17, 15) is 9.59 Å². The van der Waals surface area contributed by atoms with Crippen molar-refractivity contribution in [2.24, 2.45) is 5.92 Å². The van der Waals surface area contributed by atoms with Crippen LogP contribution in [0.5, 0.6) is 0 Å². The lowest BCUT2D eigenvalue weighted by atomic mass is 9.88. The summed E-state index contributed by atoms with van der Waals surface area (Å²) in [6, 6.07) is 3.95. The number of amides is 2. The molecule has 3 nitrogen and oxygen atoms in total. The summed E-state index contributed by atoms with van der Waals surface area (Å²) in [6.07, 6.45) is 4.29. The first-order valence-electron chi connectivity index (χ1n) is 6.71. The van der Waals surface area contributed by atoms with Gasteiger partial charge in [0.05, 0.1) is 11.1 Å². The van der Waals surface area contributed by atoms with E-state index in [0.29, 0.717) is 17.0 Å². The van der Waals surface area contributed by atoms with Gasteiger partial charge in [-0.15, -0.1) is 0 Å². The maximum absolute atomic E-state index is 12.5. The highest BCUT2D eigenvalue weighted by Crippen LogP contribution is 2.40. The minimum atomic E-state index is -0.0816. The lowest BCUT2D eigenvalue weighted by Gasteiger charge is -2.28. The third-order valence-corrected chi connectivity index (χ3v) is 4.87. The Labute approximate surface area is 106 Å². The van der Waals surface area contributed by atoms with Gasteiger partial charge in [0, 0.05) is 6.04 Å². The first kappa shape index (κ1) is 10.3. The van der Waals surface area contributed by atoms with Crippen molar-refractivity contribution in [3.05, 3.63) is 34.4 Å². The zero-order valence-electron chi connectivity index (χ0n) is 10.4. The van der Waals surface area contributed by atoms with Gasteiger partial charge < -0.3 is 0 Å². The van der Waals surface area contributed by atoms with Crippen molar-refractivity contribution in [3.63, 3.8) is 0 Å². The van der Waals surface area contributed by atoms with Crippen LogP contribution in [0.2, 0.25) is 0 Å². The highest BCUT2D eigenvalue weighted by Gasteiger charge is 2.46. The summed E-state index contributed by atoms with van der Waals surface area (Å²) in [4.78, 5) is 26.3. The molecule has 2 amide bonds. The molecular weight excluding hydrogens is 226 g/mol. The SMILES string of the molecule is CC1C2CCCc3ccc4c(c3C2)C(=O)N1C4=O. The van der Waals surface area contributed by atoms with E-state index >= 15 is 0 Å². The molecule has 92 valence electrons. The summed E-state index contributed by atoms with van der Waals surface area (Å²) in [5.41, 5.74) is 3.80. The van der Waals surface area contributed by atoms with E-state index in [1.54, 1.807) is 0 Å². The molecule has 2 atom stereocenters. The standard InChI is InChI=1S/C15H15NO2/c1-8-10-4-2-3-9-5-6-11-13(12(9)7-10)15(18)16(8)14(11)17/h5-6,8,10H,2-4,7H2,1H3. The molecule has 1 aliphatic carbocycles. The topological polar surface area (TPSA) is 37.4 Å². The second-order valence-electron chi connectivity index (χ2n) is 5.70. The van der Waals surface area contributed by atoms with Gasteiger partial charge in [-0.1, -0.05) is 6.07 Å². The van der Waals surface area contributed by atoms with Crippen molar-refractivity contribution < 1.29 is 9.59 Å². The highest BCUT2D eigenvalue weighted by atomic mass is 16.2. The smallest absolute Gasteiger partial charge is 0.262 e. The molecule has 2 unspecified atom stereocenters. The summed E-state index contributed by atoms with van der Waals surface area (Å²) in [7, 11) is 0. The van der Waals surface area contributed by atoms with E-state index in [2.05, 4.69) is 6.07 Å². The molecule has 1 aromatic rings. The van der Waals surface area contributed by atoms with Gasteiger partial charge in [-0.3, -0.25) is 14.5 Å². The molecule has 4 rings (SSSR count). The second kappa shape index (κ2) is 3.22. The fourth-order valence-corrected chi connectivity index (χ4v) is 3.83. The van der Waals surface area contributed by atoms with Crippen molar-refractivity contribution in [2.75, 3.05) is 0 Å². The Hall–Kier alpha value is -1.64. The van der Waals surface area contributed by atoms with Gasteiger partial charge in [0.2, 0.25) is 0 Å². The van der Waals surface area contributed by atoms with Gasteiger partial charge in [-0.2, -0.15) is 0 Å². The Morgan fingerprint density at radius 1 is 1.22 bits per heavy atom. The van der Waals surface area contributed by atoms with E-state index in [1.807, 2.05) is 13.0 Å². The number of carbonyl (C=O) groups excluding carboxylic acids is 2. The van der Waals surface area contributed by atoms with Gasteiger partial charge in [0.15, 0.2) is 0 Å². The molecule has 18 heavy (non-hydrogen) atoms. The van der Waals surface area contributed by atoms with Crippen LogP contribution in [-0.4, -0.2) is 22.8 Å². The molecule has 0 spiro atoms. The Morgan fingerprint density at radius 3 is 2.89 bits per heavy atom. The minimum absolute atomic E-state index is 0.0425. The van der Waals surface area contributed by atoms with Crippen molar-refractivity contribution in [1.29, 1.82) is 0 Å². The summed E-state index contributed by atoms with van der Waals surface area (Å²) in [5.74, 6) is 0.307. The first-order chi connectivity index (χ1) is 8.68. The Kier molecular flexibility index (Phi) is 1.84. The number of hydrogen-bond donors (Lipinski definition) is 0. The zero-order chi connectivity index (χ0) is 12.4. The molecule has 2 heterocycles. The number of benzene rings is 1. The van der Waals surface area contributed by atoms with Crippen LogP contribution in [0, 0.1) is 5.92 Å². The van der Waals surface area contributed by atoms with E-state index in [0.717, 1.165) is 25.7 Å². The predicted octanol–water partition coefficient (Wildman–Crippen LogP) is 2.18. The molecule has 3 heteroatoms. The lowest BCUT2D eigenvalue weighted by molar-refractivity contribution is 0.0548. The number of carbonyl (C=O) groups is 2. The third kappa shape index (κ3) is 1.05. The Balaban J connectivity index is 2.08. The average Bonchev–Trinajstić information content (AvgIpc) is 2.54. The van der Waals surface area contributed by atoms with Gasteiger partial charge in [-0.25, -0.2) is 0 Å². The molecule has 3 aliphatic rings. The Bertz CT molecular complexity index is 590. The predicted molar refractivity (Wildman–Crippen MR) is 66.5 cm³/mol. The fraction of sp³-hybridized carbons (Fsp3) is 0.467. The minimum Gasteiger partial charge on any atom is -0.271 e. The molecule has 0 saturated heterocycles. The number of hydrogen-bond acceptors (Lipinski definition) is 2. The number of nitrogens with zero attached hydrogens (tertiary/aromatic N) is 1. The van der Waals surface area contributed by atoms with Crippen molar-refractivity contribution in [1.82, 2.24) is 4.90 Å². The third-order valence-electron chi connectivity index (χ3n) is 4.87. The molecular formula is C15H15NO2. The largest absolute Gasteiger partial charge is 0.271 e. The lowest BCUT2D eigenvalue weighted by Crippen LogP contribution is -2.41. The van der Waals surface area contributed by atoms with Crippen LogP contribution in [0.15, 0.2) is 12.1 Å². The summed E-state index contributed by atoms with van der Waals surface area (Å²) < 4.78 is 0. The molecule has 4 bridgehead atoms. The average molecular weight is 241 g/mol. The maximum atomic E-state index is 12.5. The monoisotopic (exact) mass is 241 g/mol. The van der Waals surface area contributed by atoms with Crippen molar-refractivity contribution in [2.45, 2.75) is 38.6 Å². The highest BCUT2D eigenvalue weighted by molar-refractivity contribution is 6.22. The van der Waals surface area contributed by atoms with Crippen molar-refractivity contribution in [3.8, 4) is 0 Å². The van der Waals surface area contributed by atoms with E-state index in [4.69, 9.17) is 0 Å².